The van der Waals surface area contributed by atoms with Crippen LogP contribution < -0.4 is 0 Å². The van der Waals surface area contributed by atoms with Crippen molar-refractivity contribution in [2.45, 2.75) is 0 Å². The molecule has 4 heteroatoms. The molecule has 0 radical (unpaired) electrons. The summed E-state index contributed by atoms with van der Waals surface area (Å²) in [6, 6.07) is 10.3. The Morgan fingerprint density at radius 3 is 2.55 bits per heavy atom. The number of pyridine rings is 1. The van der Waals surface area contributed by atoms with E-state index in [-0.39, 0.29) is 5.56 Å². The number of benzene rings is 2. The Bertz CT molecular complexity index is 809. The molecular weight excluding hydrogens is 260 g/mol. The lowest BCUT2D eigenvalue weighted by Gasteiger charge is -2.06. The smallest absolute Gasteiger partial charge is 0.196 e. The second-order valence-corrected chi connectivity index (χ2v) is 4.33. The topological polar surface area (TPSA) is 30.0 Å². The molecule has 3 aromatic rings. The first-order chi connectivity index (χ1) is 9.68. The predicted molar refractivity (Wildman–Crippen MR) is 71.5 cm³/mol. The first kappa shape index (κ1) is 12.4. The third kappa shape index (κ3) is 1.95. The number of hydrogen-bond acceptors (Lipinski definition) is 2. The van der Waals surface area contributed by atoms with E-state index in [4.69, 9.17) is 0 Å². The Kier molecular flexibility index (Phi) is 2.99. The van der Waals surface area contributed by atoms with Gasteiger partial charge in [0.15, 0.2) is 17.4 Å². The molecule has 0 spiro atoms. The van der Waals surface area contributed by atoms with Gasteiger partial charge >= 0.3 is 0 Å². The Balaban J connectivity index is 2.21. The second kappa shape index (κ2) is 4.81. The van der Waals surface area contributed by atoms with Crippen LogP contribution in [0, 0.1) is 11.6 Å². The monoisotopic (exact) mass is 269 g/mol. The highest BCUT2D eigenvalue weighted by molar-refractivity contribution is 6.16. The minimum absolute atomic E-state index is 0.269. The van der Waals surface area contributed by atoms with E-state index in [1.54, 1.807) is 36.7 Å². The zero-order chi connectivity index (χ0) is 14.1. The number of aromatic nitrogens is 1. The molecular formula is C16H9F2NO. The normalized spacial score (nSPS) is 10.7. The van der Waals surface area contributed by atoms with Crippen molar-refractivity contribution < 1.29 is 13.6 Å². The molecule has 0 aliphatic carbocycles. The zero-order valence-electron chi connectivity index (χ0n) is 10.3. The maximum atomic E-state index is 13.7. The molecule has 2 nitrogen and oxygen atoms in total. The van der Waals surface area contributed by atoms with Crippen molar-refractivity contribution >= 4 is 16.6 Å². The molecule has 1 heterocycles. The second-order valence-electron chi connectivity index (χ2n) is 4.33. The van der Waals surface area contributed by atoms with E-state index in [2.05, 4.69) is 4.98 Å². The van der Waals surface area contributed by atoms with Crippen LogP contribution in [-0.4, -0.2) is 10.8 Å². The molecule has 3 rings (SSSR count). The van der Waals surface area contributed by atoms with Crippen LogP contribution in [0.1, 0.15) is 15.9 Å². The van der Waals surface area contributed by atoms with Crippen LogP contribution in [0.5, 0.6) is 0 Å². The Morgan fingerprint density at radius 1 is 0.950 bits per heavy atom. The Labute approximate surface area is 113 Å². The maximum Gasteiger partial charge on any atom is 0.196 e. The summed E-state index contributed by atoms with van der Waals surface area (Å²) < 4.78 is 27.0. The van der Waals surface area contributed by atoms with Crippen molar-refractivity contribution in [3.8, 4) is 0 Å². The number of hydrogen-bond donors (Lipinski definition) is 0. The fourth-order valence-corrected chi connectivity index (χ4v) is 2.14. The van der Waals surface area contributed by atoms with Gasteiger partial charge in [-0.3, -0.25) is 9.78 Å². The summed E-state index contributed by atoms with van der Waals surface area (Å²) in [5, 5.41) is 1.44. The van der Waals surface area contributed by atoms with E-state index in [1.807, 2.05) is 0 Å². The summed E-state index contributed by atoms with van der Waals surface area (Å²) in [7, 11) is 0. The summed E-state index contributed by atoms with van der Waals surface area (Å²) in [4.78, 5) is 16.4. The van der Waals surface area contributed by atoms with Crippen molar-refractivity contribution in [3.05, 3.63) is 77.6 Å². The van der Waals surface area contributed by atoms with E-state index in [9.17, 15) is 13.6 Å². The molecule has 98 valence electrons. The molecule has 0 amide bonds. The highest BCUT2D eigenvalue weighted by atomic mass is 19.2. The van der Waals surface area contributed by atoms with Crippen molar-refractivity contribution in [1.29, 1.82) is 0 Å². The number of rotatable bonds is 2. The summed E-state index contributed by atoms with van der Waals surface area (Å²) in [6.45, 7) is 0. The standard InChI is InChI=1S/C16H9F2NO/c17-14-6-2-5-13(15(14)18)16(20)12-4-1-3-10-9-19-8-7-11(10)12/h1-9H. The minimum atomic E-state index is -1.12. The summed E-state index contributed by atoms with van der Waals surface area (Å²) in [5.74, 6) is -2.69. The predicted octanol–water partition coefficient (Wildman–Crippen LogP) is 3.74. The lowest BCUT2D eigenvalue weighted by molar-refractivity contribution is 0.103. The number of fused-ring (bicyclic) bond motifs is 1. The van der Waals surface area contributed by atoms with Crippen molar-refractivity contribution in [3.63, 3.8) is 0 Å². The molecule has 0 saturated heterocycles. The Hall–Kier alpha value is -2.62. The van der Waals surface area contributed by atoms with Crippen LogP contribution in [0.3, 0.4) is 0 Å². The van der Waals surface area contributed by atoms with E-state index < -0.39 is 17.4 Å². The van der Waals surface area contributed by atoms with Gasteiger partial charge in [0, 0.05) is 23.3 Å². The lowest BCUT2D eigenvalue weighted by Crippen LogP contribution is -2.06. The molecule has 0 N–H and O–H groups in total. The maximum absolute atomic E-state index is 13.7. The van der Waals surface area contributed by atoms with Gasteiger partial charge in [0.05, 0.1) is 5.56 Å². The molecule has 20 heavy (non-hydrogen) atoms. The average Bonchev–Trinajstić information content (AvgIpc) is 2.49. The number of halogens is 2. The number of nitrogens with zero attached hydrogens (tertiary/aromatic N) is 1. The van der Waals surface area contributed by atoms with Gasteiger partial charge in [-0.1, -0.05) is 24.3 Å². The molecule has 0 atom stereocenters. The number of carbonyl (C=O) groups is 1. The molecule has 0 fully saturated rings. The zero-order valence-corrected chi connectivity index (χ0v) is 10.3. The van der Waals surface area contributed by atoms with Crippen LogP contribution in [-0.2, 0) is 0 Å². The molecule has 2 aromatic carbocycles. The summed E-state index contributed by atoms with van der Waals surface area (Å²) in [5.41, 5.74) is 0.0590. The van der Waals surface area contributed by atoms with Gasteiger partial charge in [0.25, 0.3) is 0 Å². The van der Waals surface area contributed by atoms with E-state index in [1.165, 1.54) is 12.1 Å². The van der Waals surface area contributed by atoms with Gasteiger partial charge in [0.2, 0.25) is 0 Å². The van der Waals surface area contributed by atoms with Gasteiger partial charge in [0.1, 0.15) is 0 Å². The molecule has 1 aromatic heterocycles. The molecule has 0 bridgehead atoms. The number of carbonyl (C=O) groups excluding carboxylic acids is 1. The summed E-state index contributed by atoms with van der Waals surface area (Å²) in [6.07, 6.45) is 3.18. The van der Waals surface area contributed by atoms with Crippen LogP contribution in [0.15, 0.2) is 54.9 Å². The minimum Gasteiger partial charge on any atom is -0.288 e. The third-order valence-corrected chi connectivity index (χ3v) is 3.12. The van der Waals surface area contributed by atoms with Crippen LogP contribution in [0.2, 0.25) is 0 Å². The molecule has 0 aliphatic heterocycles. The van der Waals surface area contributed by atoms with Crippen molar-refractivity contribution in [2.75, 3.05) is 0 Å². The molecule has 0 saturated carbocycles. The number of ketones is 1. The van der Waals surface area contributed by atoms with Gasteiger partial charge in [-0.25, -0.2) is 8.78 Å². The van der Waals surface area contributed by atoms with E-state index >= 15 is 0 Å². The van der Waals surface area contributed by atoms with E-state index in [0.717, 1.165) is 11.5 Å². The first-order valence-electron chi connectivity index (χ1n) is 6.00. The quantitative estimate of drug-likeness (QED) is 0.663. The van der Waals surface area contributed by atoms with Gasteiger partial charge < -0.3 is 0 Å². The Morgan fingerprint density at radius 2 is 1.70 bits per heavy atom. The lowest BCUT2D eigenvalue weighted by atomic mass is 9.98. The average molecular weight is 269 g/mol. The van der Waals surface area contributed by atoms with Crippen LogP contribution in [0.25, 0.3) is 10.8 Å². The van der Waals surface area contributed by atoms with Gasteiger partial charge in [-0.05, 0) is 23.6 Å². The van der Waals surface area contributed by atoms with Crippen molar-refractivity contribution in [2.24, 2.45) is 0 Å². The largest absolute Gasteiger partial charge is 0.288 e. The molecule has 0 aliphatic rings. The van der Waals surface area contributed by atoms with Crippen LogP contribution >= 0.6 is 0 Å². The highest BCUT2D eigenvalue weighted by Crippen LogP contribution is 2.22. The van der Waals surface area contributed by atoms with Crippen molar-refractivity contribution in [1.82, 2.24) is 4.98 Å². The fourth-order valence-electron chi connectivity index (χ4n) is 2.14. The highest BCUT2D eigenvalue weighted by Gasteiger charge is 2.18. The van der Waals surface area contributed by atoms with Gasteiger partial charge in [-0.2, -0.15) is 0 Å². The van der Waals surface area contributed by atoms with Gasteiger partial charge in [-0.15, -0.1) is 0 Å². The fraction of sp³-hybridized carbons (Fsp3) is 0. The first-order valence-corrected chi connectivity index (χ1v) is 6.00. The van der Waals surface area contributed by atoms with Crippen LogP contribution in [0.4, 0.5) is 8.78 Å². The van der Waals surface area contributed by atoms with E-state index in [0.29, 0.717) is 10.9 Å². The SMILES string of the molecule is O=C(c1cccc(F)c1F)c1cccc2cnccc12. The molecule has 0 unspecified atom stereocenters. The summed E-state index contributed by atoms with van der Waals surface area (Å²) >= 11 is 0. The third-order valence-electron chi connectivity index (χ3n) is 3.12.